The molecule has 0 radical (unpaired) electrons. The average Bonchev–Trinajstić information content (AvgIpc) is 0.884. The van der Waals surface area contributed by atoms with Crippen LogP contribution in [-0.2, 0) is 42.9 Å². The van der Waals surface area contributed by atoms with Gasteiger partial charge >= 0.3 is 24.4 Å². The van der Waals surface area contributed by atoms with Crippen molar-refractivity contribution in [1.82, 2.24) is 63.0 Å². The van der Waals surface area contributed by atoms with Crippen molar-refractivity contribution in [3.05, 3.63) is 12.2 Å². The summed E-state index contributed by atoms with van der Waals surface area (Å²) in [7, 11) is 1.97. The summed E-state index contributed by atoms with van der Waals surface area (Å²) in [6, 6.07) is -4.29. The van der Waals surface area contributed by atoms with E-state index in [-0.39, 0.29) is 57.3 Å². The van der Waals surface area contributed by atoms with E-state index < -0.39 is 88.7 Å². The van der Waals surface area contributed by atoms with Gasteiger partial charge in [-0.3, -0.25) is 24.0 Å². The number of piperazine rings is 1. The fourth-order valence-corrected chi connectivity index (χ4v) is 10.8. The molecule has 0 aromatic carbocycles. The van der Waals surface area contributed by atoms with Gasteiger partial charge in [0.15, 0.2) is 0 Å². The molecule has 4 atom stereocenters. The molecule has 25 heteroatoms. The SMILES string of the molecule is CCCCCCCC/C=C\CCCCCCCC(=O)NC(CCCCNC(=O)C(CCCCNC(=O)OC(C)(C)C)NC(=O)C(CCCCNC(=O)OC(C)(C)C)NC(=O)C(CCCCNC(=O)OC(C)(C)C)NC(=O)OC(C)(C)C)C(=O)NCCCN1CCN(CCCNC)CC1. The van der Waals surface area contributed by atoms with E-state index in [1.54, 1.807) is 83.1 Å². The first-order valence-electron chi connectivity index (χ1n) is 37.4. The molecule has 4 unspecified atom stereocenters. The molecule has 98 heavy (non-hydrogen) atoms. The second kappa shape index (κ2) is 52.1. The maximum atomic E-state index is 14.6. The van der Waals surface area contributed by atoms with Crippen LogP contribution >= 0.6 is 0 Å². The van der Waals surface area contributed by atoms with E-state index >= 15 is 0 Å². The van der Waals surface area contributed by atoms with E-state index in [0.717, 1.165) is 104 Å². The summed E-state index contributed by atoms with van der Waals surface area (Å²) in [4.78, 5) is 126. The Bertz CT molecular complexity index is 2270. The van der Waals surface area contributed by atoms with E-state index in [0.29, 0.717) is 70.8 Å². The molecular formula is C73H138N12O13. The molecule has 0 aliphatic carbocycles. The van der Waals surface area contributed by atoms with E-state index in [1.807, 2.05) is 7.05 Å². The highest BCUT2D eigenvalue weighted by Gasteiger charge is 2.32. The van der Waals surface area contributed by atoms with Crippen molar-refractivity contribution >= 4 is 53.9 Å². The fourth-order valence-electron chi connectivity index (χ4n) is 10.8. The topological polar surface area (TPSA) is 317 Å². The smallest absolute Gasteiger partial charge is 0.408 e. The Hall–Kier alpha value is -5.95. The zero-order valence-corrected chi connectivity index (χ0v) is 63.5. The Balaban J connectivity index is 3.31. The normalized spacial score (nSPS) is 14.4. The maximum Gasteiger partial charge on any atom is 0.408 e. The number of carbonyl (C=O) groups is 9. The molecule has 1 saturated heterocycles. The number of hydrogen-bond donors (Lipinski definition) is 10. The summed E-state index contributed by atoms with van der Waals surface area (Å²) in [6.45, 7) is 31.3. The van der Waals surface area contributed by atoms with Gasteiger partial charge in [0.1, 0.15) is 46.6 Å². The van der Waals surface area contributed by atoms with Gasteiger partial charge in [0, 0.05) is 65.3 Å². The van der Waals surface area contributed by atoms with Crippen LogP contribution in [0, 0.1) is 0 Å². The minimum absolute atomic E-state index is 0.0678. The number of allylic oxidation sites excluding steroid dienone is 2. The van der Waals surface area contributed by atoms with Gasteiger partial charge in [0.05, 0.1) is 0 Å². The van der Waals surface area contributed by atoms with Gasteiger partial charge in [-0.25, -0.2) is 19.2 Å². The molecule has 1 aliphatic rings. The van der Waals surface area contributed by atoms with Crippen LogP contribution in [-0.4, -0.2) is 196 Å². The van der Waals surface area contributed by atoms with Gasteiger partial charge < -0.3 is 81.9 Å². The highest BCUT2D eigenvalue weighted by Crippen LogP contribution is 2.16. The van der Waals surface area contributed by atoms with Crippen LogP contribution in [0.25, 0.3) is 0 Å². The van der Waals surface area contributed by atoms with Crippen molar-refractivity contribution in [3.8, 4) is 0 Å². The number of hydrogen-bond acceptors (Lipinski definition) is 16. The van der Waals surface area contributed by atoms with Crippen LogP contribution in [0.3, 0.4) is 0 Å². The zero-order chi connectivity index (χ0) is 73.3. The van der Waals surface area contributed by atoms with Crippen molar-refractivity contribution in [2.45, 2.75) is 316 Å². The lowest BCUT2D eigenvalue weighted by Crippen LogP contribution is -2.57. The number of carbonyl (C=O) groups excluding carboxylic acids is 9. The molecule has 1 rings (SSSR count). The van der Waals surface area contributed by atoms with Crippen molar-refractivity contribution < 1.29 is 62.1 Å². The molecular weight excluding hydrogens is 1250 g/mol. The third-order valence-electron chi connectivity index (χ3n) is 15.9. The second-order valence-electron chi connectivity index (χ2n) is 30.1. The lowest BCUT2D eigenvalue weighted by molar-refractivity contribution is -0.133. The summed E-state index contributed by atoms with van der Waals surface area (Å²) in [6.07, 6.45) is 23.0. The summed E-state index contributed by atoms with van der Waals surface area (Å²) >= 11 is 0. The fraction of sp³-hybridized carbons (Fsp3) is 0.849. The first kappa shape index (κ1) is 90.1. The zero-order valence-electron chi connectivity index (χ0n) is 63.5. The molecule has 1 aliphatic heterocycles. The molecule has 10 N–H and O–H groups in total. The Morgan fingerprint density at radius 3 is 1.05 bits per heavy atom. The summed E-state index contributed by atoms with van der Waals surface area (Å²) in [5.41, 5.74) is -3.03. The Morgan fingerprint density at radius 1 is 0.347 bits per heavy atom. The molecule has 1 fully saturated rings. The van der Waals surface area contributed by atoms with Crippen LogP contribution in [0.1, 0.15) is 270 Å². The molecule has 1 heterocycles. The van der Waals surface area contributed by atoms with E-state index in [9.17, 15) is 43.2 Å². The van der Waals surface area contributed by atoms with Crippen molar-refractivity contribution in [3.63, 3.8) is 0 Å². The van der Waals surface area contributed by atoms with Crippen molar-refractivity contribution in [1.29, 1.82) is 0 Å². The standard InChI is InChI=1S/C73H138N12O13/c1-15-16-17-18-19-20-21-22-23-24-25-26-27-28-29-44-61(86)80-57(62(87)76-50-39-52-85-55-53-84(54-56-85)51-38-45-74-14)40-30-34-46-75-63(88)58(41-31-35-47-77-66(91)95-70(2,3)4)81-64(89)59(42-32-36-48-78-67(92)96-71(5,6)7)82-65(90)60(83-69(94)98-73(11,12)13)43-33-37-49-79-68(93)97-72(8,9)10/h22-23,57-60,74H,15-21,24-56H2,1-14H3,(H,75,88)(H,76,87)(H,77,91)(H,78,92)(H,79,93)(H,80,86)(H,81,89)(H,82,90)(H,83,94)/b23-22-. The van der Waals surface area contributed by atoms with Gasteiger partial charge in [-0.15, -0.1) is 0 Å². The van der Waals surface area contributed by atoms with E-state index in [1.165, 1.54) is 38.5 Å². The first-order chi connectivity index (χ1) is 46.3. The van der Waals surface area contributed by atoms with Gasteiger partial charge in [0.2, 0.25) is 29.5 Å². The number of rotatable bonds is 51. The van der Waals surface area contributed by atoms with Gasteiger partial charge in [-0.05, 0) is 232 Å². The number of unbranched alkanes of at least 4 members (excludes halogenated alkanes) is 15. The highest BCUT2D eigenvalue weighted by molar-refractivity contribution is 5.94. The average molecular weight is 1390 g/mol. The minimum atomic E-state index is -1.23. The predicted molar refractivity (Wildman–Crippen MR) is 389 cm³/mol. The number of alkyl carbamates (subject to hydrolysis) is 4. The van der Waals surface area contributed by atoms with Crippen LogP contribution in [0.5, 0.6) is 0 Å². The van der Waals surface area contributed by atoms with Crippen LogP contribution < -0.4 is 53.2 Å². The second-order valence-corrected chi connectivity index (χ2v) is 30.1. The first-order valence-corrected chi connectivity index (χ1v) is 37.4. The number of nitrogens with zero attached hydrogens (tertiary/aromatic N) is 2. The van der Waals surface area contributed by atoms with Crippen LogP contribution in [0.2, 0.25) is 0 Å². The predicted octanol–water partition coefficient (Wildman–Crippen LogP) is 10.5. The summed E-state index contributed by atoms with van der Waals surface area (Å²) in [5.74, 6) is -2.27. The molecule has 0 aromatic heterocycles. The maximum absolute atomic E-state index is 14.6. The molecule has 0 spiro atoms. The van der Waals surface area contributed by atoms with Gasteiger partial charge in [-0.2, -0.15) is 0 Å². The van der Waals surface area contributed by atoms with Gasteiger partial charge in [-0.1, -0.05) is 70.4 Å². The number of nitrogens with one attached hydrogen (secondary N) is 10. The van der Waals surface area contributed by atoms with E-state index in [2.05, 4.69) is 82.0 Å². The Labute approximate surface area is 590 Å². The Kier molecular flexibility index (Phi) is 47.9. The molecule has 0 saturated carbocycles. The lowest BCUT2D eigenvalue weighted by Gasteiger charge is -2.34. The summed E-state index contributed by atoms with van der Waals surface area (Å²) < 4.78 is 21.6. The lowest BCUT2D eigenvalue weighted by atomic mass is 10.0. The third-order valence-corrected chi connectivity index (χ3v) is 15.9. The Morgan fingerprint density at radius 2 is 0.663 bits per heavy atom. The molecule has 25 nitrogen and oxygen atoms in total. The quantitative estimate of drug-likeness (QED) is 0.0154. The van der Waals surface area contributed by atoms with Crippen LogP contribution in [0.15, 0.2) is 12.2 Å². The van der Waals surface area contributed by atoms with Crippen molar-refractivity contribution in [2.24, 2.45) is 0 Å². The number of ether oxygens (including phenoxy) is 4. The van der Waals surface area contributed by atoms with Gasteiger partial charge in [0.25, 0.3) is 0 Å². The van der Waals surface area contributed by atoms with Crippen molar-refractivity contribution in [2.75, 3.05) is 85.6 Å². The largest absolute Gasteiger partial charge is 0.444 e. The van der Waals surface area contributed by atoms with Crippen LogP contribution in [0.4, 0.5) is 19.2 Å². The van der Waals surface area contributed by atoms with E-state index in [4.69, 9.17) is 18.9 Å². The summed E-state index contributed by atoms with van der Waals surface area (Å²) in [5, 5.41) is 28.8. The third kappa shape index (κ3) is 52.1. The highest BCUT2D eigenvalue weighted by atomic mass is 16.6. The number of amides is 9. The molecule has 568 valence electrons. The minimum Gasteiger partial charge on any atom is -0.444 e. The molecule has 0 bridgehead atoms. The molecule has 9 amide bonds. The molecule has 0 aromatic rings. The monoisotopic (exact) mass is 1390 g/mol.